The van der Waals surface area contributed by atoms with Gasteiger partial charge in [0.2, 0.25) is 12.5 Å². The summed E-state index contributed by atoms with van der Waals surface area (Å²) in [6.45, 7) is 2.08. The molecule has 0 N–H and O–H groups in total. The number of hydrogen-bond acceptors (Lipinski definition) is 9. The number of carbonyl (C=O) groups is 1. The van der Waals surface area contributed by atoms with E-state index in [-0.39, 0.29) is 12.6 Å². The van der Waals surface area contributed by atoms with E-state index in [1.54, 1.807) is 39.5 Å². The predicted molar refractivity (Wildman–Crippen MR) is 137 cm³/mol. The van der Waals surface area contributed by atoms with E-state index < -0.39 is 0 Å². The molecule has 0 saturated carbocycles. The second-order valence-electron chi connectivity index (χ2n) is 8.18. The Hall–Kier alpha value is -4.11. The number of allylic oxidation sites excluding steroid dienone is 2. The molecule has 1 aliphatic rings. The van der Waals surface area contributed by atoms with Gasteiger partial charge in [-0.15, -0.1) is 0 Å². The first-order chi connectivity index (χ1) is 17.5. The third-order valence-electron chi connectivity index (χ3n) is 6.15. The number of methoxy groups -OCH3 is 3. The number of ether oxygens (including phenoxy) is 5. The van der Waals surface area contributed by atoms with Crippen molar-refractivity contribution in [3.05, 3.63) is 70.8 Å². The van der Waals surface area contributed by atoms with E-state index in [4.69, 9.17) is 23.7 Å². The number of aromatic nitrogens is 2. The van der Waals surface area contributed by atoms with E-state index in [0.29, 0.717) is 46.3 Å². The van der Waals surface area contributed by atoms with Crippen LogP contribution in [0.4, 0.5) is 0 Å². The minimum Gasteiger partial charge on any atom is -0.493 e. The normalized spacial score (nSPS) is 12.9. The van der Waals surface area contributed by atoms with E-state index in [9.17, 15) is 4.79 Å². The summed E-state index contributed by atoms with van der Waals surface area (Å²) in [7, 11) is 4.69. The summed E-state index contributed by atoms with van der Waals surface area (Å²) < 4.78 is 36.1. The van der Waals surface area contributed by atoms with Gasteiger partial charge in [0.25, 0.3) is 0 Å². The summed E-state index contributed by atoms with van der Waals surface area (Å²) in [5.41, 5.74) is 5.31. The molecule has 184 valence electrons. The first-order valence-corrected chi connectivity index (χ1v) is 11.9. The molecular weight excluding hydrogens is 480 g/mol. The van der Waals surface area contributed by atoms with Crippen molar-refractivity contribution in [2.45, 2.75) is 13.3 Å². The Morgan fingerprint density at radius 3 is 2.28 bits per heavy atom. The summed E-state index contributed by atoms with van der Waals surface area (Å²) in [5.74, 6) is 2.61. The zero-order valence-corrected chi connectivity index (χ0v) is 21.1. The van der Waals surface area contributed by atoms with Gasteiger partial charge in [-0.2, -0.15) is 8.75 Å². The lowest BCUT2D eigenvalue weighted by molar-refractivity contribution is 0.103. The van der Waals surface area contributed by atoms with Crippen LogP contribution in [0.3, 0.4) is 0 Å². The van der Waals surface area contributed by atoms with Crippen molar-refractivity contribution in [1.29, 1.82) is 0 Å². The van der Waals surface area contributed by atoms with Crippen LogP contribution in [-0.4, -0.2) is 42.7 Å². The number of hydrogen-bond donors (Lipinski definition) is 0. The Balaban J connectivity index is 1.62. The monoisotopic (exact) mass is 504 g/mol. The molecule has 0 saturated heterocycles. The fraction of sp³-hybridized carbons (Fsp3) is 0.222. The van der Waals surface area contributed by atoms with Crippen LogP contribution in [0.1, 0.15) is 28.4 Å². The van der Waals surface area contributed by atoms with Gasteiger partial charge in [-0.25, -0.2) is 0 Å². The lowest BCUT2D eigenvalue weighted by Crippen LogP contribution is -2.09. The number of carbonyl (C=O) groups excluding carboxylic acids is 1. The molecule has 0 atom stereocenters. The van der Waals surface area contributed by atoms with Gasteiger partial charge in [0.1, 0.15) is 11.0 Å². The highest BCUT2D eigenvalue weighted by atomic mass is 32.1. The van der Waals surface area contributed by atoms with Crippen molar-refractivity contribution < 1.29 is 28.5 Å². The van der Waals surface area contributed by atoms with Crippen LogP contribution in [0.15, 0.2) is 54.1 Å². The summed E-state index contributed by atoms with van der Waals surface area (Å²) in [6, 6.07) is 14.8. The van der Waals surface area contributed by atoms with E-state index in [1.165, 1.54) is 0 Å². The van der Waals surface area contributed by atoms with Crippen LogP contribution in [0, 0.1) is 0 Å². The lowest BCUT2D eigenvalue weighted by atomic mass is 9.90. The molecule has 2 heterocycles. The van der Waals surface area contributed by atoms with Crippen LogP contribution in [0.25, 0.3) is 16.6 Å². The summed E-state index contributed by atoms with van der Waals surface area (Å²) >= 11 is 1.16. The van der Waals surface area contributed by atoms with Crippen molar-refractivity contribution >= 4 is 34.1 Å². The highest BCUT2D eigenvalue weighted by Gasteiger charge is 2.23. The van der Waals surface area contributed by atoms with Crippen molar-refractivity contribution in [3.63, 3.8) is 0 Å². The van der Waals surface area contributed by atoms with Gasteiger partial charge in [-0.05, 0) is 66.1 Å². The largest absolute Gasteiger partial charge is 0.493 e. The molecular formula is C27H24N2O6S. The fourth-order valence-electron chi connectivity index (χ4n) is 4.23. The standard InChI is InChI=1S/C27H24N2O6S/c1-15(17-5-7-20-21(12-17)29-36-28-20)19(26(30)18-6-8-22-23(13-18)35-14-34-22)9-16-10-24(31-2)27(33-4)25(11-16)32-3/h5-8,10-13H,9,14H2,1-4H3. The first-order valence-electron chi connectivity index (χ1n) is 11.2. The quantitative estimate of drug-likeness (QED) is 0.235. The van der Waals surface area contributed by atoms with Crippen molar-refractivity contribution in [2.24, 2.45) is 0 Å². The summed E-state index contributed by atoms with van der Waals surface area (Å²) in [6.07, 6.45) is 0.336. The number of ketones is 1. The molecule has 9 heteroatoms. The number of rotatable bonds is 8. The smallest absolute Gasteiger partial charge is 0.231 e. The Kier molecular flexibility index (Phi) is 6.47. The average molecular weight is 505 g/mol. The van der Waals surface area contributed by atoms with Crippen molar-refractivity contribution in [1.82, 2.24) is 8.75 Å². The third-order valence-corrected chi connectivity index (χ3v) is 6.71. The topological polar surface area (TPSA) is 89.0 Å². The number of nitrogens with zero attached hydrogens (tertiary/aromatic N) is 2. The van der Waals surface area contributed by atoms with Crippen LogP contribution in [-0.2, 0) is 6.42 Å². The zero-order valence-electron chi connectivity index (χ0n) is 20.3. The minimum atomic E-state index is -0.115. The Morgan fingerprint density at radius 1 is 0.861 bits per heavy atom. The summed E-state index contributed by atoms with van der Waals surface area (Å²) in [4.78, 5) is 13.9. The van der Waals surface area contributed by atoms with Gasteiger partial charge in [-0.1, -0.05) is 6.07 Å². The SMILES string of the molecule is COc1cc(CC(C(=O)c2ccc3c(c2)OCO3)=C(C)c2ccc3nsnc3c2)cc(OC)c1OC. The molecule has 0 unspecified atom stereocenters. The van der Waals surface area contributed by atoms with E-state index in [2.05, 4.69) is 8.75 Å². The Labute approximate surface area is 212 Å². The second-order valence-corrected chi connectivity index (χ2v) is 8.71. The number of fused-ring (bicyclic) bond motifs is 2. The van der Waals surface area contributed by atoms with Gasteiger partial charge >= 0.3 is 0 Å². The Bertz CT molecular complexity index is 1470. The number of benzene rings is 3. The van der Waals surface area contributed by atoms with Crippen molar-refractivity contribution in [3.8, 4) is 28.7 Å². The summed E-state index contributed by atoms with van der Waals surface area (Å²) in [5, 5.41) is 0. The lowest BCUT2D eigenvalue weighted by Gasteiger charge is -2.17. The van der Waals surface area contributed by atoms with Gasteiger partial charge < -0.3 is 23.7 Å². The van der Waals surface area contributed by atoms with Crippen LogP contribution in [0.2, 0.25) is 0 Å². The maximum absolute atomic E-state index is 13.9. The predicted octanol–water partition coefficient (Wildman–Crippen LogP) is 5.34. The van der Waals surface area contributed by atoms with Gasteiger partial charge in [0, 0.05) is 17.6 Å². The molecule has 4 aromatic rings. The molecule has 36 heavy (non-hydrogen) atoms. The zero-order chi connectivity index (χ0) is 25.2. The molecule has 0 aliphatic carbocycles. The number of Topliss-reactive ketones (excluding diaryl/α,β-unsaturated/α-hetero) is 1. The molecule has 3 aromatic carbocycles. The fourth-order valence-corrected chi connectivity index (χ4v) is 4.74. The van der Waals surface area contributed by atoms with E-state index in [0.717, 1.165) is 39.5 Å². The molecule has 1 aromatic heterocycles. The molecule has 0 bridgehead atoms. The molecule has 0 amide bonds. The van der Waals surface area contributed by atoms with Gasteiger partial charge in [0.15, 0.2) is 28.8 Å². The molecule has 0 fully saturated rings. The molecule has 0 spiro atoms. The van der Waals surface area contributed by atoms with E-state index >= 15 is 0 Å². The molecule has 8 nitrogen and oxygen atoms in total. The highest BCUT2D eigenvalue weighted by molar-refractivity contribution is 7.00. The average Bonchev–Trinajstić information content (AvgIpc) is 3.58. The van der Waals surface area contributed by atoms with Gasteiger partial charge in [-0.3, -0.25) is 4.79 Å². The second kappa shape index (κ2) is 9.87. The highest BCUT2D eigenvalue weighted by Crippen LogP contribution is 2.40. The van der Waals surface area contributed by atoms with Gasteiger partial charge in [0.05, 0.1) is 33.1 Å². The first kappa shape index (κ1) is 23.6. The minimum absolute atomic E-state index is 0.115. The Morgan fingerprint density at radius 2 is 1.56 bits per heavy atom. The molecule has 0 radical (unpaired) electrons. The van der Waals surface area contributed by atoms with Crippen molar-refractivity contribution in [2.75, 3.05) is 28.1 Å². The maximum atomic E-state index is 13.9. The molecule has 1 aliphatic heterocycles. The maximum Gasteiger partial charge on any atom is 0.231 e. The third kappa shape index (κ3) is 4.33. The van der Waals surface area contributed by atoms with Crippen LogP contribution >= 0.6 is 11.7 Å². The van der Waals surface area contributed by atoms with Crippen LogP contribution < -0.4 is 23.7 Å². The van der Waals surface area contributed by atoms with E-state index in [1.807, 2.05) is 37.3 Å². The van der Waals surface area contributed by atoms with Crippen LogP contribution in [0.5, 0.6) is 28.7 Å². The molecule has 5 rings (SSSR count).